The normalized spacial score (nSPS) is 20.4. The first-order valence-electron chi connectivity index (χ1n) is 10.4. The van der Waals surface area contributed by atoms with Gasteiger partial charge in [-0.05, 0) is 38.7 Å². The number of aliphatic imine (C=N–C) groups is 1. The minimum atomic E-state index is 0.438. The summed E-state index contributed by atoms with van der Waals surface area (Å²) in [6.45, 7) is 9.14. The van der Waals surface area contributed by atoms with Crippen LogP contribution in [0.2, 0.25) is 0 Å². The molecule has 3 rings (SSSR count). The van der Waals surface area contributed by atoms with Gasteiger partial charge in [-0.2, -0.15) is 0 Å². The first-order chi connectivity index (χ1) is 13.7. The van der Waals surface area contributed by atoms with Crippen molar-refractivity contribution in [2.75, 3.05) is 19.6 Å². The van der Waals surface area contributed by atoms with E-state index in [1.165, 1.54) is 5.56 Å². The number of nitrogens with one attached hydrogen (secondary N) is 2. The second-order valence-electron chi connectivity index (χ2n) is 7.51. The molecular formula is C21H33N7. The van der Waals surface area contributed by atoms with Crippen LogP contribution in [0.1, 0.15) is 38.7 Å². The molecule has 152 valence electrons. The Labute approximate surface area is 168 Å². The van der Waals surface area contributed by atoms with Gasteiger partial charge in [0.1, 0.15) is 12.7 Å². The number of guanidine groups is 1. The number of aryl methyl sites for hydroxylation is 1. The molecule has 1 aliphatic heterocycles. The van der Waals surface area contributed by atoms with Gasteiger partial charge in [0, 0.05) is 44.8 Å². The molecule has 7 nitrogen and oxygen atoms in total. The van der Waals surface area contributed by atoms with Crippen LogP contribution in [0.15, 0.2) is 48.0 Å². The molecule has 1 aromatic carbocycles. The Morgan fingerprint density at radius 3 is 2.71 bits per heavy atom. The summed E-state index contributed by atoms with van der Waals surface area (Å²) in [4.78, 5) is 7.32. The lowest BCUT2D eigenvalue weighted by atomic mass is 10.2. The third kappa shape index (κ3) is 6.34. The van der Waals surface area contributed by atoms with Gasteiger partial charge in [0.2, 0.25) is 0 Å². The van der Waals surface area contributed by atoms with Crippen LogP contribution in [-0.2, 0) is 13.1 Å². The Kier molecular flexibility index (Phi) is 7.84. The van der Waals surface area contributed by atoms with E-state index < -0.39 is 0 Å². The Hall–Kier alpha value is -2.41. The smallest absolute Gasteiger partial charge is 0.191 e. The van der Waals surface area contributed by atoms with Crippen molar-refractivity contribution in [3.8, 4) is 0 Å². The fourth-order valence-electron chi connectivity index (χ4n) is 3.69. The molecule has 0 amide bonds. The molecule has 0 spiro atoms. The maximum Gasteiger partial charge on any atom is 0.191 e. The van der Waals surface area contributed by atoms with Gasteiger partial charge in [-0.25, -0.2) is 0 Å². The number of aromatic nitrogens is 3. The Bertz CT molecular complexity index is 699. The van der Waals surface area contributed by atoms with Gasteiger partial charge >= 0.3 is 0 Å². The largest absolute Gasteiger partial charge is 0.357 e. The van der Waals surface area contributed by atoms with E-state index in [1.807, 2.05) is 4.57 Å². The zero-order valence-corrected chi connectivity index (χ0v) is 17.1. The van der Waals surface area contributed by atoms with E-state index in [2.05, 4.69) is 69.9 Å². The van der Waals surface area contributed by atoms with Crippen molar-refractivity contribution in [1.82, 2.24) is 30.3 Å². The molecule has 0 saturated carbocycles. The van der Waals surface area contributed by atoms with Crippen molar-refractivity contribution >= 4 is 5.96 Å². The highest BCUT2D eigenvalue weighted by molar-refractivity contribution is 5.80. The van der Waals surface area contributed by atoms with E-state index in [1.54, 1.807) is 12.7 Å². The molecule has 28 heavy (non-hydrogen) atoms. The number of likely N-dealkylation sites (tertiary alicyclic amines) is 1. The van der Waals surface area contributed by atoms with Crippen LogP contribution in [-0.4, -0.2) is 57.3 Å². The lowest BCUT2D eigenvalue weighted by Gasteiger charge is -2.21. The van der Waals surface area contributed by atoms with Crippen LogP contribution in [0, 0.1) is 0 Å². The monoisotopic (exact) mass is 383 g/mol. The zero-order valence-electron chi connectivity index (χ0n) is 17.1. The first kappa shape index (κ1) is 20.3. The van der Waals surface area contributed by atoms with Crippen LogP contribution in [0.3, 0.4) is 0 Å². The highest BCUT2D eigenvalue weighted by atomic mass is 15.3. The molecule has 1 fully saturated rings. The SMILES string of the molecule is CCNC(=NCCCCn1cnnc1)NC1CC(C)N(Cc2ccccc2)C1. The minimum Gasteiger partial charge on any atom is -0.357 e. The van der Waals surface area contributed by atoms with E-state index in [4.69, 9.17) is 4.99 Å². The summed E-state index contributed by atoms with van der Waals surface area (Å²) in [5.41, 5.74) is 1.38. The summed E-state index contributed by atoms with van der Waals surface area (Å²) in [7, 11) is 0. The fraction of sp³-hybridized carbons (Fsp3) is 0.571. The van der Waals surface area contributed by atoms with Crippen LogP contribution in [0.4, 0.5) is 0 Å². The summed E-state index contributed by atoms with van der Waals surface area (Å²) in [6.07, 6.45) is 6.79. The molecule has 0 aliphatic carbocycles. The second kappa shape index (κ2) is 10.8. The molecule has 0 radical (unpaired) electrons. The predicted molar refractivity (Wildman–Crippen MR) is 113 cm³/mol. The quantitative estimate of drug-likeness (QED) is 0.395. The summed E-state index contributed by atoms with van der Waals surface area (Å²) >= 11 is 0. The average Bonchev–Trinajstić information content (AvgIpc) is 3.32. The minimum absolute atomic E-state index is 0.438. The molecule has 1 aliphatic rings. The van der Waals surface area contributed by atoms with Gasteiger partial charge < -0.3 is 15.2 Å². The van der Waals surface area contributed by atoms with Crippen molar-refractivity contribution < 1.29 is 0 Å². The third-order valence-corrected chi connectivity index (χ3v) is 5.18. The Morgan fingerprint density at radius 2 is 1.96 bits per heavy atom. The van der Waals surface area contributed by atoms with Gasteiger partial charge in [0.15, 0.2) is 5.96 Å². The molecule has 2 unspecified atom stereocenters. The van der Waals surface area contributed by atoms with Crippen molar-refractivity contribution in [3.63, 3.8) is 0 Å². The molecule has 1 saturated heterocycles. The standard InChI is InChI=1S/C21H33N7/c1-3-22-21(23-11-7-8-12-27-16-24-25-17-27)26-20-13-18(2)28(15-20)14-19-9-5-4-6-10-19/h4-6,9-10,16-18,20H,3,7-8,11-15H2,1-2H3,(H2,22,23,26). The summed E-state index contributed by atoms with van der Waals surface area (Å²) in [6, 6.07) is 11.7. The number of benzene rings is 1. The van der Waals surface area contributed by atoms with Crippen LogP contribution in [0.25, 0.3) is 0 Å². The lowest BCUT2D eigenvalue weighted by molar-refractivity contribution is 0.258. The van der Waals surface area contributed by atoms with Gasteiger partial charge in [-0.3, -0.25) is 9.89 Å². The van der Waals surface area contributed by atoms with Gasteiger partial charge in [-0.1, -0.05) is 30.3 Å². The molecule has 7 heteroatoms. The van der Waals surface area contributed by atoms with Gasteiger partial charge in [0.25, 0.3) is 0 Å². The molecule has 1 aromatic heterocycles. The highest BCUT2D eigenvalue weighted by Gasteiger charge is 2.29. The van der Waals surface area contributed by atoms with Gasteiger partial charge in [0.05, 0.1) is 0 Å². The summed E-state index contributed by atoms with van der Waals surface area (Å²) < 4.78 is 2.01. The third-order valence-electron chi connectivity index (χ3n) is 5.18. The number of hydrogen-bond donors (Lipinski definition) is 2. The second-order valence-corrected chi connectivity index (χ2v) is 7.51. The molecule has 2 aromatic rings. The van der Waals surface area contributed by atoms with Crippen molar-refractivity contribution in [2.45, 2.75) is 58.3 Å². The Morgan fingerprint density at radius 1 is 1.18 bits per heavy atom. The van der Waals surface area contributed by atoms with Crippen molar-refractivity contribution in [3.05, 3.63) is 48.5 Å². The van der Waals surface area contributed by atoms with E-state index in [-0.39, 0.29) is 0 Å². The lowest BCUT2D eigenvalue weighted by Crippen LogP contribution is -2.44. The summed E-state index contributed by atoms with van der Waals surface area (Å²) in [5, 5.41) is 14.7. The average molecular weight is 384 g/mol. The molecule has 2 atom stereocenters. The highest BCUT2D eigenvalue weighted by Crippen LogP contribution is 2.20. The molecule has 2 N–H and O–H groups in total. The van der Waals surface area contributed by atoms with E-state index in [9.17, 15) is 0 Å². The first-order valence-corrected chi connectivity index (χ1v) is 10.4. The number of hydrogen-bond acceptors (Lipinski definition) is 4. The van der Waals surface area contributed by atoms with Crippen LogP contribution >= 0.6 is 0 Å². The van der Waals surface area contributed by atoms with Crippen LogP contribution in [0.5, 0.6) is 0 Å². The van der Waals surface area contributed by atoms with Crippen molar-refractivity contribution in [2.24, 2.45) is 4.99 Å². The maximum atomic E-state index is 4.77. The fourth-order valence-corrected chi connectivity index (χ4v) is 3.69. The number of nitrogens with zero attached hydrogens (tertiary/aromatic N) is 5. The maximum absolute atomic E-state index is 4.77. The number of rotatable bonds is 9. The zero-order chi connectivity index (χ0) is 19.6. The molecule has 2 heterocycles. The van der Waals surface area contributed by atoms with Crippen molar-refractivity contribution in [1.29, 1.82) is 0 Å². The van der Waals surface area contributed by atoms with Crippen LogP contribution < -0.4 is 10.6 Å². The predicted octanol–water partition coefficient (Wildman–Crippen LogP) is 2.28. The van der Waals surface area contributed by atoms with E-state index in [0.717, 1.165) is 57.9 Å². The van der Waals surface area contributed by atoms with Gasteiger partial charge in [-0.15, -0.1) is 10.2 Å². The van der Waals surface area contributed by atoms with E-state index in [0.29, 0.717) is 12.1 Å². The molecular weight excluding hydrogens is 350 g/mol. The summed E-state index contributed by atoms with van der Waals surface area (Å²) in [5.74, 6) is 0.936. The Balaban J connectivity index is 1.44. The molecule has 0 bridgehead atoms. The topological polar surface area (TPSA) is 70.4 Å². The number of unbranched alkanes of at least 4 members (excludes halogenated alkanes) is 1. The van der Waals surface area contributed by atoms with E-state index >= 15 is 0 Å².